The van der Waals surface area contributed by atoms with Gasteiger partial charge in [0.2, 0.25) is 0 Å². The SMILES string of the molecule is O=C(Nc1cccnc1)c1ccc2ncoc2c1. The van der Waals surface area contributed by atoms with E-state index in [1.54, 1.807) is 42.7 Å². The summed E-state index contributed by atoms with van der Waals surface area (Å²) in [5.74, 6) is -0.207. The van der Waals surface area contributed by atoms with Crippen LogP contribution in [0.1, 0.15) is 10.4 Å². The first-order valence-corrected chi connectivity index (χ1v) is 5.37. The van der Waals surface area contributed by atoms with Gasteiger partial charge in [-0.15, -0.1) is 0 Å². The minimum atomic E-state index is -0.207. The molecule has 3 aromatic rings. The Bertz CT molecular complexity index is 692. The van der Waals surface area contributed by atoms with Crippen molar-refractivity contribution in [3.63, 3.8) is 0 Å². The van der Waals surface area contributed by atoms with Crippen LogP contribution in [0, 0.1) is 0 Å². The molecule has 3 rings (SSSR count). The highest BCUT2D eigenvalue weighted by Gasteiger charge is 2.08. The van der Waals surface area contributed by atoms with E-state index in [0.29, 0.717) is 16.8 Å². The van der Waals surface area contributed by atoms with Gasteiger partial charge in [0.15, 0.2) is 12.0 Å². The van der Waals surface area contributed by atoms with Crippen molar-refractivity contribution in [2.24, 2.45) is 0 Å². The molecule has 2 heterocycles. The van der Waals surface area contributed by atoms with Gasteiger partial charge in [-0.05, 0) is 30.3 Å². The molecule has 88 valence electrons. The zero-order valence-electron chi connectivity index (χ0n) is 9.33. The molecule has 0 bridgehead atoms. The average Bonchev–Trinajstić information content (AvgIpc) is 2.87. The molecular weight excluding hydrogens is 230 g/mol. The van der Waals surface area contributed by atoms with Gasteiger partial charge in [-0.1, -0.05) is 0 Å². The Hall–Kier alpha value is -2.69. The fourth-order valence-corrected chi connectivity index (χ4v) is 1.64. The van der Waals surface area contributed by atoms with Crippen molar-refractivity contribution in [1.29, 1.82) is 0 Å². The van der Waals surface area contributed by atoms with Crippen molar-refractivity contribution in [2.75, 3.05) is 5.32 Å². The number of carbonyl (C=O) groups excluding carboxylic acids is 1. The molecule has 0 fully saturated rings. The van der Waals surface area contributed by atoms with Gasteiger partial charge >= 0.3 is 0 Å². The summed E-state index contributed by atoms with van der Waals surface area (Å²) < 4.78 is 5.16. The molecule has 0 saturated carbocycles. The highest BCUT2D eigenvalue weighted by Crippen LogP contribution is 2.15. The number of rotatable bonds is 2. The largest absolute Gasteiger partial charge is 0.443 e. The van der Waals surface area contributed by atoms with E-state index in [1.807, 2.05) is 0 Å². The quantitative estimate of drug-likeness (QED) is 0.745. The van der Waals surface area contributed by atoms with Crippen molar-refractivity contribution in [1.82, 2.24) is 9.97 Å². The summed E-state index contributed by atoms with van der Waals surface area (Å²) in [7, 11) is 0. The van der Waals surface area contributed by atoms with E-state index in [-0.39, 0.29) is 5.91 Å². The second kappa shape index (κ2) is 4.29. The van der Waals surface area contributed by atoms with Crippen LogP contribution in [0.15, 0.2) is 53.5 Å². The third-order valence-corrected chi connectivity index (χ3v) is 2.51. The lowest BCUT2D eigenvalue weighted by atomic mass is 10.2. The molecule has 5 nitrogen and oxygen atoms in total. The number of fused-ring (bicyclic) bond motifs is 1. The lowest BCUT2D eigenvalue weighted by Gasteiger charge is -2.03. The summed E-state index contributed by atoms with van der Waals surface area (Å²) in [6.45, 7) is 0. The highest BCUT2D eigenvalue weighted by molar-refractivity contribution is 6.05. The number of nitrogens with one attached hydrogen (secondary N) is 1. The Balaban J connectivity index is 1.87. The molecule has 0 unspecified atom stereocenters. The molecule has 1 amide bonds. The summed E-state index contributed by atoms with van der Waals surface area (Å²) in [5.41, 5.74) is 2.49. The molecule has 18 heavy (non-hydrogen) atoms. The molecule has 0 aliphatic rings. The van der Waals surface area contributed by atoms with Gasteiger partial charge in [-0.2, -0.15) is 0 Å². The van der Waals surface area contributed by atoms with Gasteiger partial charge in [0.1, 0.15) is 5.52 Å². The highest BCUT2D eigenvalue weighted by atomic mass is 16.3. The maximum atomic E-state index is 12.0. The molecule has 0 radical (unpaired) electrons. The lowest BCUT2D eigenvalue weighted by Crippen LogP contribution is -2.11. The third kappa shape index (κ3) is 1.93. The number of pyridine rings is 1. The Labute approximate surface area is 102 Å². The van der Waals surface area contributed by atoms with Crippen LogP contribution in [0.4, 0.5) is 5.69 Å². The van der Waals surface area contributed by atoms with Crippen LogP contribution in [0.25, 0.3) is 11.1 Å². The molecule has 1 N–H and O–H groups in total. The normalized spacial score (nSPS) is 10.4. The molecule has 0 atom stereocenters. The maximum absolute atomic E-state index is 12.0. The van der Waals surface area contributed by atoms with Gasteiger partial charge < -0.3 is 9.73 Å². The molecule has 0 aliphatic carbocycles. The number of aromatic nitrogens is 2. The van der Waals surface area contributed by atoms with Gasteiger partial charge in [0.05, 0.1) is 11.9 Å². The molecule has 2 aromatic heterocycles. The van der Waals surface area contributed by atoms with E-state index in [0.717, 1.165) is 5.52 Å². The van der Waals surface area contributed by atoms with Crippen LogP contribution in [0.2, 0.25) is 0 Å². The van der Waals surface area contributed by atoms with Crippen molar-refractivity contribution >= 4 is 22.7 Å². The van der Waals surface area contributed by atoms with E-state index in [4.69, 9.17) is 4.42 Å². The summed E-state index contributed by atoms with van der Waals surface area (Å²) in [4.78, 5) is 19.9. The predicted molar refractivity (Wildman–Crippen MR) is 66.2 cm³/mol. The van der Waals surface area contributed by atoms with Gasteiger partial charge in [-0.3, -0.25) is 9.78 Å². The maximum Gasteiger partial charge on any atom is 0.255 e. The number of anilines is 1. The van der Waals surface area contributed by atoms with Crippen LogP contribution in [-0.4, -0.2) is 15.9 Å². The van der Waals surface area contributed by atoms with E-state index in [9.17, 15) is 4.79 Å². The van der Waals surface area contributed by atoms with Crippen LogP contribution in [0.5, 0.6) is 0 Å². The Morgan fingerprint density at radius 1 is 1.28 bits per heavy atom. The van der Waals surface area contributed by atoms with Crippen molar-refractivity contribution < 1.29 is 9.21 Å². The number of nitrogens with zero attached hydrogens (tertiary/aromatic N) is 2. The number of carbonyl (C=O) groups is 1. The second-order valence-corrected chi connectivity index (χ2v) is 3.73. The summed E-state index contributed by atoms with van der Waals surface area (Å²) >= 11 is 0. The monoisotopic (exact) mass is 239 g/mol. The standard InChI is InChI=1S/C13H9N3O2/c17-13(16-10-2-1-5-14-7-10)9-3-4-11-12(6-9)18-8-15-11/h1-8H,(H,16,17). The van der Waals surface area contributed by atoms with Gasteiger partial charge in [0, 0.05) is 11.8 Å². The first-order valence-electron chi connectivity index (χ1n) is 5.37. The molecule has 0 aliphatic heterocycles. The van der Waals surface area contributed by atoms with Crippen molar-refractivity contribution in [2.45, 2.75) is 0 Å². The minimum absolute atomic E-state index is 0.207. The predicted octanol–water partition coefficient (Wildman–Crippen LogP) is 2.48. The first kappa shape index (κ1) is 10.5. The fourth-order valence-electron chi connectivity index (χ4n) is 1.64. The summed E-state index contributed by atoms with van der Waals surface area (Å²) in [6, 6.07) is 8.65. The summed E-state index contributed by atoms with van der Waals surface area (Å²) in [5, 5.41) is 2.75. The van der Waals surface area contributed by atoms with Crippen LogP contribution in [0.3, 0.4) is 0 Å². The molecule has 0 spiro atoms. The van der Waals surface area contributed by atoms with Crippen molar-refractivity contribution in [3.05, 3.63) is 54.7 Å². The van der Waals surface area contributed by atoms with Crippen LogP contribution >= 0.6 is 0 Å². The zero-order valence-corrected chi connectivity index (χ0v) is 9.33. The van der Waals surface area contributed by atoms with Crippen LogP contribution < -0.4 is 5.32 Å². The summed E-state index contributed by atoms with van der Waals surface area (Å²) in [6.07, 6.45) is 4.59. The molecule has 5 heteroatoms. The number of amides is 1. The van der Waals surface area contributed by atoms with E-state index in [1.165, 1.54) is 6.39 Å². The number of oxazole rings is 1. The number of benzene rings is 1. The van der Waals surface area contributed by atoms with E-state index < -0.39 is 0 Å². The molecule has 0 saturated heterocycles. The Morgan fingerprint density at radius 2 is 2.22 bits per heavy atom. The van der Waals surface area contributed by atoms with Gasteiger partial charge in [0.25, 0.3) is 5.91 Å². The van der Waals surface area contributed by atoms with Crippen molar-refractivity contribution in [3.8, 4) is 0 Å². The van der Waals surface area contributed by atoms with Gasteiger partial charge in [-0.25, -0.2) is 4.98 Å². The third-order valence-electron chi connectivity index (χ3n) is 2.51. The molecule has 1 aromatic carbocycles. The second-order valence-electron chi connectivity index (χ2n) is 3.73. The smallest absolute Gasteiger partial charge is 0.255 e. The Kier molecular flexibility index (Phi) is 2.49. The zero-order chi connectivity index (χ0) is 12.4. The number of hydrogen-bond acceptors (Lipinski definition) is 4. The van der Waals surface area contributed by atoms with E-state index in [2.05, 4.69) is 15.3 Å². The number of hydrogen-bond donors (Lipinski definition) is 1. The lowest BCUT2D eigenvalue weighted by molar-refractivity contribution is 0.102. The first-order chi connectivity index (χ1) is 8.83. The Morgan fingerprint density at radius 3 is 3.06 bits per heavy atom. The average molecular weight is 239 g/mol. The fraction of sp³-hybridized carbons (Fsp3) is 0. The van der Waals surface area contributed by atoms with Crippen LogP contribution in [-0.2, 0) is 0 Å². The molecular formula is C13H9N3O2. The minimum Gasteiger partial charge on any atom is -0.443 e. The topological polar surface area (TPSA) is 68.0 Å². The van der Waals surface area contributed by atoms with E-state index >= 15 is 0 Å².